The number of carbonyl (C=O) groups excluding carboxylic acids is 2. The highest BCUT2D eigenvalue weighted by molar-refractivity contribution is 6.00. The summed E-state index contributed by atoms with van der Waals surface area (Å²) >= 11 is 0. The number of carbonyl (C=O) groups is 2. The highest BCUT2D eigenvalue weighted by Crippen LogP contribution is 2.36. The van der Waals surface area contributed by atoms with Gasteiger partial charge >= 0.3 is 0 Å². The first-order valence-corrected chi connectivity index (χ1v) is 9.32. The standard InChI is InChI=1S/C19H25N3O4/c1-20-14-3-2-6-21(12-14)19(24)13-9-18(23)22(11-13)15-4-5-16-17(10-15)26-8-7-25-16/h4-5,10,13-14,20H,2-3,6-9,11-12H2,1H3. The summed E-state index contributed by atoms with van der Waals surface area (Å²) in [6.45, 7) is 2.98. The molecule has 140 valence electrons. The molecule has 3 heterocycles. The second-order valence-corrected chi connectivity index (χ2v) is 7.15. The topological polar surface area (TPSA) is 71.1 Å². The van der Waals surface area contributed by atoms with Gasteiger partial charge in [0.1, 0.15) is 13.2 Å². The van der Waals surface area contributed by atoms with Gasteiger partial charge < -0.3 is 24.6 Å². The Labute approximate surface area is 153 Å². The van der Waals surface area contributed by atoms with Gasteiger partial charge in [-0.25, -0.2) is 0 Å². The molecule has 4 rings (SSSR count). The molecule has 2 atom stereocenters. The average Bonchev–Trinajstić information content (AvgIpc) is 3.08. The van der Waals surface area contributed by atoms with Crippen LogP contribution < -0.4 is 19.7 Å². The summed E-state index contributed by atoms with van der Waals surface area (Å²) in [6, 6.07) is 5.86. The van der Waals surface area contributed by atoms with Crippen LogP contribution in [0, 0.1) is 5.92 Å². The molecule has 7 nitrogen and oxygen atoms in total. The zero-order valence-electron chi connectivity index (χ0n) is 15.1. The SMILES string of the molecule is CNC1CCCN(C(=O)C2CC(=O)N(c3ccc4c(c3)OCCO4)C2)C1. The Hall–Kier alpha value is -2.28. The molecule has 26 heavy (non-hydrogen) atoms. The molecule has 3 aliphatic heterocycles. The van der Waals surface area contributed by atoms with E-state index in [1.165, 1.54) is 0 Å². The first-order valence-electron chi connectivity index (χ1n) is 9.32. The molecule has 2 amide bonds. The van der Waals surface area contributed by atoms with Crippen molar-refractivity contribution in [1.82, 2.24) is 10.2 Å². The van der Waals surface area contributed by atoms with Gasteiger partial charge in [0, 0.05) is 43.9 Å². The number of fused-ring (bicyclic) bond motifs is 1. The molecule has 0 bridgehead atoms. The van der Waals surface area contributed by atoms with Gasteiger partial charge in [-0.15, -0.1) is 0 Å². The van der Waals surface area contributed by atoms with Crippen molar-refractivity contribution in [2.24, 2.45) is 5.92 Å². The minimum atomic E-state index is -0.272. The quantitative estimate of drug-likeness (QED) is 0.873. The summed E-state index contributed by atoms with van der Waals surface area (Å²) in [7, 11) is 1.93. The van der Waals surface area contributed by atoms with Crippen molar-refractivity contribution in [2.75, 3.05) is 44.8 Å². The summed E-state index contributed by atoms with van der Waals surface area (Å²) in [4.78, 5) is 29.0. The largest absolute Gasteiger partial charge is 0.486 e. The van der Waals surface area contributed by atoms with E-state index in [-0.39, 0.29) is 24.2 Å². The van der Waals surface area contributed by atoms with Crippen molar-refractivity contribution in [3.05, 3.63) is 18.2 Å². The summed E-state index contributed by atoms with van der Waals surface area (Å²) < 4.78 is 11.1. The lowest BCUT2D eigenvalue weighted by Gasteiger charge is -2.34. The van der Waals surface area contributed by atoms with Crippen molar-refractivity contribution in [1.29, 1.82) is 0 Å². The van der Waals surface area contributed by atoms with Gasteiger partial charge in [-0.05, 0) is 32.0 Å². The van der Waals surface area contributed by atoms with Gasteiger partial charge in [0.25, 0.3) is 0 Å². The van der Waals surface area contributed by atoms with E-state index < -0.39 is 0 Å². The maximum absolute atomic E-state index is 12.9. The third-order valence-corrected chi connectivity index (χ3v) is 5.45. The number of amides is 2. The summed E-state index contributed by atoms with van der Waals surface area (Å²) in [6.07, 6.45) is 2.37. The minimum absolute atomic E-state index is 0.0118. The fraction of sp³-hybridized carbons (Fsp3) is 0.579. The second-order valence-electron chi connectivity index (χ2n) is 7.15. The maximum atomic E-state index is 12.9. The molecule has 2 unspecified atom stereocenters. The van der Waals surface area contributed by atoms with E-state index in [1.54, 1.807) is 4.90 Å². The van der Waals surface area contributed by atoms with Crippen molar-refractivity contribution < 1.29 is 19.1 Å². The number of ether oxygens (including phenoxy) is 2. The number of benzene rings is 1. The Morgan fingerprint density at radius 1 is 1.19 bits per heavy atom. The Bertz CT molecular complexity index is 708. The van der Waals surface area contributed by atoms with Crippen LogP contribution in [0.4, 0.5) is 5.69 Å². The van der Waals surface area contributed by atoms with Crippen LogP contribution in [0.25, 0.3) is 0 Å². The fourth-order valence-electron chi connectivity index (χ4n) is 3.99. The van der Waals surface area contributed by atoms with E-state index in [0.717, 1.165) is 31.6 Å². The molecule has 0 radical (unpaired) electrons. The molecule has 1 aromatic rings. The van der Waals surface area contributed by atoms with Crippen LogP contribution in [0.2, 0.25) is 0 Å². The van der Waals surface area contributed by atoms with Crippen LogP contribution in [0.3, 0.4) is 0 Å². The number of hydrogen-bond acceptors (Lipinski definition) is 5. The van der Waals surface area contributed by atoms with Gasteiger partial charge in [-0.3, -0.25) is 9.59 Å². The van der Waals surface area contributed by atoms with Crippen LogP contribution in [0.15, 0.2) is 18.2 Å². The third-order valence-electron chi connectivity index (χ3n) is 5.45. The van der Waals surface area contributed by atoms with E-state index in [0.29, 0.717) is 37.3 Å². The lowest BCUT2D eigenvalue weighted by atomic mass is 10.0. The molecule has 1 aromatic carbocycles. The van der Waals surface area contributed by atoms with Crippen LogP contribution in [-0.2, 0) is 9.59 Å². The number of rotatable bonds is 3. The minimum Gasteiger partial charge on any atom is -0.486 e. The number of piperidine rings is 1. The molecule has 0 saturated carbocycles. The number of likely N-dealkylation sites (N-methyl/N-ethyl adjacent to an activating group) is 1. The zero-order chi connectivity index (χ0) is 18.1. The van der Waals surface area contributed by atoms with E-state index in [1.807, 2.05) is 30.1 Å². The molecule has 3 aliphatic rings. The molecule has 1 N–H and O–H groups in total. The van der Waals surface area contributed by atoms with E-state index in [4.69, 9.17) is 9.47 Å². The van der Waals surface area contributed by atoms with Gasteiger partial charge in [0.15, 0.2) is 11.5 Å². The monoisotopic (exact) mass is 359 g/mol. The van der Waals surface area contributed by atoms with Crippen LogP contribution >= 0.6 is 0 Å². The highest BCUT2D eigenvalue weighted by Gasteiger charge is 2.38. The number of anilines is 1. The van der Waals surface area contributed by atoms with Crippen molar-refractivity contribution >= 4 is 17.5 Å². The highest BCUT2D eigenvalue weighted by atomic mass is 16.6. The Morgan fingerprint density at radius 2 is 2.00 bits per heavy atom. The number of likely N-dealkylation sites (tertiary alicyclic amines) is 1. The third kappa shape index (κ3) is 3.23. The summed E-state index contributed by atoms with van der Waals surface area (Å²) in [5.41, 5.74) is 0.765. The number of nitrogens with zero attached hydrogens (tertiary/aromatic N) is 2. The summed E-state index contributed by atoms with van der Waals surface area (Å²) in [5, 5.41) is 3.25. The Balaban J connectivity index is 1.46. The fourth-order valence-corrected chi connectivity index (χ4v) is 3.99. The lowest BCUT2D eigenvalue weighted by Crippen LogP contribution is -2.49. The average molecular weight is 359 g/mol. The van der Waals surface area contributed by atoms with Crippen molar-refractivity contribution in [2.45, 2.75) is 25.3 Å². The maximum Gasteiger partial charge on any atom is 0.228 e. The van der Waals surface area contributed by atoms with Gasteiger partial charge in [-0.2, -0.15) is 0 Å². The first-order chi connectivity index (χ1) is 12.7. The second kappa shape index (κ2) is 7.15. The van der Waals surface area contributed by atoms with E-state index in [9.17, 15) is 9.59 Å². The predicted octanol–water partition coefficient (Wildman–Crippen LogP) is 1.02. The smallest absolute Gasteiger partial charge is 0.228 e. The van der Waals surface area contributed by atoms with Gasteiger partial charge in [-0.1, -0.05) is 0 Å². The molecule has 0 aliphatic carbocycles. The number of nitrogens with one attached hydrogen (secondary N) is 1. The van der Waals surface area contributed by atoms with Gasteiger partial charge in [0.05, 0.1) is 5.92 Å². The molecule has 2 saturated heterocycles. The van der Waals surface area contributed by atoms with E-state index in [2.05, 4.69) is 5.32 Å². The molecule has 0 aromatic heterocycles. The van der Waals surface area contributed by atoms with Crippen LogP contribution in [0.1, 0.15) is 19.3 Å². The first kappa shape index (κ1) is 17.1. The zero-order valence-corrected chi connectivity index (χ0v) is 15.1. The Morgan fingerprint density at radius 3 is 2.81 bits per heavy atom. The van der Waals surface area contributed by atoms with Gasteiger partial charge in [0.2, 0.25) is 11.8 Å². The summed E-state index contributed by atoms with van der Waals surface area (Å²) in [5.74, 6) is 1.17. The van der Waals surface area contributed by atoms with Crippen molar-refractivity contribution in [3.63, 3.8) is 0 Å². The molecule has 2 fully saturated rings. The van der Waals surface area contributed by atoms with E-state index >= 15 is 0 Å². The number of hydrogen-bond donors (Lipinski definition) is 1. The normalized spacial score (nSPS) is 25.5. The lowest BCUT2D eigenvalue weighted by molar-refractivity contribution is -0.137. The predicted molar refractivity (Wildman–Crippen MR) is 96.6 cm³/mol. The van der Waals surface area contributed by atoms with Crippen LogP contribution in [-0.4, -0.2) is 62.7 Å². The molecular formula is C19H25N3O4. The molecule has 0 spiro atoms. The van der Waals surface area contributed by atoms with Crippen LogP contribution in [0.5, 0.6) is 11.5 Å². The Kier molecular flexibility index (Phi) is 4.72. The molecule has 7 heteroatoms. The van der Waals surface area contributed by atoms with Crippen molar-refractivity contribution in [3.8, 4) is 11.5 Å². The molecular weight excluding hydrogens is 334 g/mol.